The average molecular weight is 468 g/mol. The zero-order valence-electron chi connectivity index (χ0n) is 16.9. The number of aromatic nitrogens is 2. The SMILES string of the molecule is COC(=O)CNP([O-])(=S)OC[C@H]1O[C@@H](n2ccc(=O)[nH]c2=O)[C@@H]2OC(C)(C)O[C@@H]21.[NH4+]. The van der Waals surface area contributed by atoms with E-state index in [9.17, 15) is 19.3 Å². The molecule has 30 heavy (non-hydrogen) atoms. The van der Waals surface area contributed by atoms with Crippen molar-refractivity contribution in [3.63, 3.8) is 0 Å². The first-order valence-electron chi connectivity index (χ1n) is 8.61. The smallest absolute Gasteiger partial charge is 0.330 e. The van der Waals surface area contributed by atoms with E-state index >= 15 is 0 Å². The summed E-state index contributed by atoms with van der Waals surface area (Å²) in [4.78, 5) is 49.1. The van der Waals surface area contributed by atoms with E-state index in [4.69, 9.17) is 30.5 Å². The molecular formula is C15H25N4O9PS. The molecule has 0 spiro atoms. The highest BCUT2D eigenvalue weighted by atomic mass is 32.5. The first-order valence-corrected chi connectivity index (χ1v) is 11.3. The third kappa shape index (κ3) is 5.60. The quantitative estimate of drug-likeness (QED) is 0.318. The van der Waals surface area contributed by atoms with Crippen LogP contribution in [0.1, 0.15) is 20.1 Å². The number of hydrogen-bond donors (Lipinski definition) is 3. The van der Waals surface area contributed by atoms with Gasteiger partial charge < -0.3 is 34.5 Å². The van der Waals surface area contributed by atoms with E-state index in [2.05, 4.69) is 14.8 Å². The second kappa shape index (κ2) is 9.34. The minimum Gasteiger partial charge on any atom is -0.789 e. The molecule has 2 fully saturated rings. The van der Waals surface area contributed by atoms with Gasteiger partial charge in [0.15, 0.2) is 12.0 Å². The van der Waals surface area contributed by atoms with Gasteiger partial charge in [-0.3, -0.25) is 24.2 Å². The number of carbonyl (C=O) groups is 1. The largest absolute Gasteiger partial charge is 0.789 e. The lowest BCUT2D eigenvalue weighted by Crippen LogP contribution is -2.37. The normalized spacial score (nSPS) is 28.9. The second-order valence-corrected chi connectivity index (χ2v) is 9.86. The number of nitrogens with one attached hydrogen (secondary N) is 2. The van der Waals surface area contributed by atoms with Gasteiger partial charge in [0.1, 0.15) is 18.3 Å². The van der Waals surface area contributed by atoms with Crippen molar-refractivity contribution in [1.29, 1.82) is 0 Å². The Bertz CT molecular complexity index is 935. The molecule has 2 aliphatic rings. The highest BCUT2D eigenvalue weighted by Gasteiger charge is 2.56. The molecule has 0 aromatic carbocycles. The predicted octanol–water partition coefficient (Wildman–Crippen LogP) is -1.31. The van der Waals surface area contributed by atoms with Crippen molar-refractivity contribution in [2.75, 3.05) is 20.3 Å². The molecule has 2 aliphatic heterocycles. The minimum absolute atomic E-state index is 0. The van der Waals surface area contributed by atoms with Crippen molar-refractivity contribution in [3.8, 4) is 0 Å². The van der Waals surface area contributed by atoms with Crippen LogP contribution in [0.4, 0.5) is 0 Å². The predicted molar refractivity (Wildman–Crippen MR) is 105 cm³/mol. The lowest BCUT2D eigenvalue weighted by atomic mass is 10.1. The lowest BCUT2D eigenvalue weighted by Gasteiger charge is -2.30. The summed E-state index contributed by atoms with van der Waals surface area (Å²) in [6.45, 7) is -0.972. The molecule has 1 unspecified atom stereocenters. The van der Waals surface area contributed by atoms with E-state index in [1.165, 1.54) is 23.9 Å². The summed E-state index contributed by atoms with van der Waals surface area (Å²) >= 11 is 4.86. The molecule has 0 aliphatic carbocycles. The molecule has 3 heterocycles. The molecule has 13 nitrogen and oxygen atoms in total. The fraction of sp³-hybridized carbons (Fsp3) is 0.667. The third-order valence-corrected chi connectivity index (χ3v) is 6.04. The van der Waals surface area contributed by atoms with E-state index in [1.807, 2.05) is 0 Å². The summed E-state index contributed by atoms with van der Waals surface area (Å²) in [6, 6.07) is 1.18. The Morgan fingerprint density at radius 2 is 2.07 bits per heavy atom. The van der Waals surface area contributed by atoms with Gasteiger partial charge in [0.05, 0.1) is 26.9 Å². The number of ether oxygens (including phenoxy) is 4. The average Bonchev–Trinajstić information content (AvgIpc) is 3.11. The number of fused-ring (bicyclic) bond motifs is 1. The lowest BCUT2D eigenvalue weighted by molar-refractivity contribution is -0.207. The van der Waals surface area contributed by atoms with Crippen LogP contribution in [-0.4, -0.2) is 59.9 Å². The topological polar surface area (TPSA) is 190 Å². The fourth-order valence-corrected chi connectivity index (χ4v) is 4.23. The van der Waals surface area contributed by atoms with Gasteiger partial charge in [-0.2, -0.15) is 0 Å². The Balaban J connectivity index is 0.00000320. The van der Waals surface area contributed by atoms with E-state index in [0.717, 1.165) is 0 Å². The Hall–Kier alpha value is -1.48. The van der Waals surface area contributed by atoms with Gasteiger partial charge in [-0.1, -0.05) is 11.8 Å². The number of aromatic amines is 1. The zero-order valence-corrected chi connectivity index (χ0v) is 18.6. The number of carbonyl (C=O) groups excluding carboxylic acids is 1. The van der Waals surface area contributed by atoms with Crippen molar-refractivity contribution >= 4 is 24.4 Å². The van der Waals surface area contributed by atoms with E-state index in [1.54, 1.807) is 13.8 Å². The summed E-state index contributed by atoms with van der Waals surface area (Å²) in [5.41, 5.74) is -1.22. The number of rotatable bonds is 7. The molecule has 3 rings (SSSR count). The molecule has 0 saturated carbocycles. The van der Waals surface area contributed by atoms with Crippen molar-refractivity contribution in [2.45, 2.75) is 44.2 Å². The summed E-state index contributed by atoms with van der Waals surface area (Å²) < 4.78 is 28.4. The van der Waals surface area contributed by atoms with Gasteiger partial charge in [-0.25, -0.2) is 4.79 Å². The van der Waals surface area contributed by atoms with Gasteiger partial charge in [0, 0.05) is 12.3 Å². The Kier molecular flexibility index (Phi) is 7.72. The van der Waals surface area contributed by atoms with Crippen molar-refractivity contribution in [3.05, 3.63) is 33.1 Å². The molecular weight excluding hydrogens is 443 g/mol. The summed E-state index contributed by atoms with van der Waals surface area (Å²) in [6.07, 6.45) is -1.73. The van der Waals surface area contributed by atoms with Crippen LogP contribution >= 0.6 is 6.64 Å². The molecule has 5 atom stereocenters. The van der Waals surface area contributed by atoms with Gasteiger partial charge >= 0.3 is 11.7 Å². The Morgan fingerprint density at radius 1 is 1.40 bits per heavy atom. The summed E-state index contributed by atoms with van der Waals surface area (Å²) in [5.74, 6) is -1.61. The van der Waals surface area contributed by atoms with E-state index < -0.39 is 54.2 Å². The number of H-pyrrole nitrogens is 1. The van der Waals surface area contributed by atoms with Gasteiger partial charge in [-0.05, 0) is 13.8 Å². The number of hydrogen-bond acceptors (Lipinski definition) is 10. The first kappa shape index (κ1) is 24.8. The van der Waals surface area contributed by atoms with Gasteiger partial charge in [0.2, 0.25) is 0 Å². The molecule has 0 bridgehead atoms. The summed E-state index contributed by atoms with van der Waals surface area (Å²) in [5, 5.41) is 2.32. The van der Waals surface area contributed by atoms with Crippen LogP contribution in [0.15, 0.2) is 21.9 Å². The molecule has 2 saturated heterocycles. The first-order chi connectivity index (χ1) is 13.5. The molecule has 170 valence electrons. The number of esters is 1. The standard InChI is InChI=1S/C15H22N3O9PS.H3N/c1-15(2)26-11-8(7-24-28(22,29)16-6-10(20)23-3)25-13(12(11)27-15)18-5-4-9(19)17-14(18)21;/h4-5,8,11-13H,6-7H2,1-3H3,(H2,16,22,29)(H,17,19,21);1H3/t8-,11-,12-,13-,28?;/m1./s1. The molecule has 1 aromatic heterocycles. The maximum absolute atomic E-state index is 12.3. The maximum Gasteiger partial charge on any atom is 0.330 e. The highest BCUT2D eigenvalue weighted by molar-refractivity contribution is 8.07. The Labute approximate surface area is 176 Å². The number of nitrogens with zero attached hydrogens (tertiary/aromatic N) is 1. The summed E-state index contributed by atoms with van der Waals surface area (Å²) in [7, 11) is 1.18. The monoisotopic (exact) mass is 468 g/mol. The zero-order chi connectivity index (χ0) is 21.4. The van der Waals surface area contributed by atoms with E-state index in [0.29, 0.717) is 0 Å². The number of methoxy groups -OCH3 is 1. The minimum atomic E-state index is -3.75. The van der Waals surface area contributed by atoms with Crippen LogP contribution in [0.5, 0.6) is 0 Å². The van der Waals surface area contributed by atoms with Crippen LogP contribution in [-0.2, 0) is 40.1 Å². The van der Waals surface area contributed by atoms with Crippen molar-refractivity contribution in [2.24, 2.45) is 0 Å². The van der Waals surface area contributed by atoms with Crippen LogP contribution in [0.2, 0.25) is 0 Å². The number of quaternary nitrogens is 1. The maximum atomic E-state index is 12.3. The van der Waals surface area contributed by atoms with Crippen LogP contribution in [0.25, 0.3) is 0 Å². The highest BCUT2D eigenvalue weighted by Crippen LogP contribution is 2.44. The molecule has 1 aromatic rings. The van der Waals surface area contributed by atoms with Crippen molar-refractivity contribution in [1.82, 2.24) is 20.8 Å². The van der Waals surface area contributed by atoms with Crippen LogP contribution in [0.3, 0.4) is 0 Å². The molecule has 6 N–H and O–H groups in total. The van der Waals surface area contributed by atoms with Gasteiger partial charge in [0.25, 0.3) is 5.56 Å². The van der Waals surface area contributed by atoms with Crippen LogP contribution in [0, 0.1) is 0 Å². The molecule has 0 radical (unpaired) electrons. The second-order valence-electron chi connectivity index (χ2n) is 6.85. The van der Waals surface area contributed by atoms with Crippen LogP contribution < -0.4 is 27.4 Å². The Morgan fingerprint density at radius 3 is 2.70 bits per heavy atom. The van der Waals surface area contributed by atoms with Crippen molar-refractivity contribution < 1.29 is 33.2 Å². The fourth-order valence-electron chi connectivity index (χ4n) is 3.10. The third-order valence-electron chi connectivity index (χ3n) is 4.30. The molecule has 15 heteroatoms. The van der Waals surface area contributed by atoms with Gasteiger partial charge in [-0.15, -0.1) is 0 Å². The van der Waals surface area contributed by atoms with E-state index in [-0.39, 0.29) is 19.3 Å². The molecule has 0 amide bonds.